The van der Waals surface area contributed by atoms with Gasteiger partial charge in [0.2, 0.25) is 0 Å². The molecule has 15 heavy (non-hydrogen) atoms. The maximum Gasteiger partial charge on any atom is 0.313 e. The molecule has 0 unspecified atom stereocenters. The van der Waals surface area contributed by atoms with E-state index in [-0.39, 0.29) is 12.2 Å². The molecule has 3 heteroatoms. The first-order valence-corrected chi connectivity index (χ1v) is 5.49. The SMILES string of the molecule is COC(=O)CC(=O)CCC1=CCCCC1. The van der Waals surface area contributed by atoms with Crippen LogP contribution in [0.1, 0.15) is 44.9 Å². The van der Waals surface area contributed by atoms with Gasteiger partial charge >= 0.3 is 5.97 Å². The lowest BCUT2D eigenvalue weighted by Crippen LogP contribution is -2.09. The molecule has 0 spiro atoms. The van der Waals surface area contributed by atoms with Gasteiger partial charge in [0.1, 0.15) is 12.2 Å². The monoisotopic (exact) mass is 210 g/mol. The summed E-state index contributed by atoms with van der Waals surface area (Å²) < 4.78 is 4.44. The van der Waals surface area contributed by atoms with Crippen LogP contribution in [-0.4, -0.2) is 18.9 Å². The summed E-state index contributed by atoms with van der Waals surface area (Å²) in [6, 6.07) is 0. The first-order valence-electron chi connectivity index (χ1n) is 5.49. The van der Waals surface area contributed by atoms with Crippen molar-refractivity contribution in [2.45, 2.75) is 44.9 Å². The Morgan fingerprint density at radius 1 is 1.40 bits per heavy atom. The number of ether oxygens (including phenoxy) is 1. The molecule has 0 amide bonds. The highest BCUT2D eigenvalue weighted by Crippen LogP contribution is 2.21. The van der Waals surface area contributed by atoms with Crippen LogP contribution in [0.2, 0.25) is 0 Å². The van der Waals surface area contributed by atoms with Crippen molar-refractivity contribution in [1.29, 1.82) is 0 Å². The molecule has 1 aliphatic rings. The Labute approximate surface area is 90.5 Å². The van der Waals surface area contributed by atoms with Gasteiger partial charge in [0.05, 0.1) is 7.11 Å². The van der Waals surface area contributed by atoms with Gasteiger partial charge in [-0.2, -0.15) is 0 Å². The van der Waals surface area contributed by atoms with Gasteiger partial charge in [0.25, 0.3) is 0 Å². The predicted octanol–water partition coefficient (Wildman–Crippen LogP) is 2.40. The molecule has 0 saturated heterocycles. The van der Waals surface area contributed by atoms with Gasteiger partial charge in [-0.15, -0.1) is 0 Å². The van der Waals surface area contributed by atoms with E-state index >= 15 is 0 Å². The molecule has 1 rings (SSSR count). The molecule has 0 aromatic heterocycles. The van der Waals surface area contributed by atoms with Crippen molar-refractivity contribution in [3.63, 3.8) is 0 Å². The number of Topliss-reactive ketones (excluding diaryl/α,β-unsaturated/α-hetero) is 1. The van der Waals surface area contributed by atoms with Gasteiger partial charge in [-0.1, -0.05) is 11.6 Å². The van der Waals surface area contributed by atoms with Crippen LogP contribution in [0.25, 0.3) is 0 Å². The predicted molar refractivity (Wildman–Crippen MR) is 57.4 cm³/mol. The highest BCUT2D eigenvalue weighted by atomic mass is 16.5. The summed E-state index contributed by atoms with van der Waals surface area (Å²) in [6.45, 7) is 0. The molecular formula is C12H18O3. The number of methoxy groups -OCH3 is 1. The molecular weight excluding hydrogens is 192 g/mol. The lowest BCUT2D eigenvalue weighted by molar-refractivity contribution is -0.143. The van der Waals surface area contributed by atoms with E-state index in [1.807, 2.05) is 0 Å². The summed E-state index contributed by atoms with van der Waals surface area (Å²) >= 11 is 0. The maximum atomic E-state index is 11.3. The van der Waals surface area contributed by atoms with E-state index < -0.39 is 5.97 Å². The van der Waals surface area contributed by atoms with Crippen LogP contribution in [0.4, 0.5) is 0 Å². The van der Waals surface area contributed by atoms with Crippen molar-refractivity contribution in [3.8, 4) is 0 Å². The van der Waals surface area contributed by atoms with Crippen molar-refractivity contribution >= 4 is 11.8 Å². The summed E-state index contributed by atoms with van der Waals surface area (Å²) in [6.07, 6.45) is 8.19. The molecule has 0 saturated carbocycles. The number of rotatable bonds is 5. The Bertz CT molecular complexity index is 266. The first kappa shape index (κ1) is 12.0. The van der Waals surface area contributed by atoms with E-state index in [2.05, 4.69) is 10.8 Å². The number of carbonyl (C=O) groups excluding carboxylic acids is 2. The van der Waals surface area contributed by atoms with Gasteiger partial charge < -0.3 is 4.74 Å². The van der Waals surface area contributed by atoms with Crippen molar-refractivity contribution in [1.82, 2.24) is 0 Å². The first-order chi connectivity index (χ1) is 7.22. The normalized spacial score (nSPS) is 15.7. The Balaban J connectivity index is 2.21. The highest BCUT2D eigenvalue weighted by molar-refractivity contribution is 5.95. The largest absolute Gasteiger partial charge is 0.469 e. The average molecular weight is 210 g/mol. The Hall–Kier alpha value is -1.12. The van der Waals surface area contributed by atoms with Gasteiger partial charge in [0, 0.05) is 6.42 Å². The van der Waals surface area contributed by atoms with E-state index in [0.717, 1.165) is 19.3 Å². The van der Waals surface area contributed by atoms with E-state index in [9.17, 15) is 9.59 Å². The Morgan fingerprint density at radius 2 is 2.20 bits per heavy atom. The van der Waals surface area contributed by atoms with E-state index in [4.69, 9.17) is 0 Å². The van der Waals surface area contributed by atoms with Crippen molar-refractivity contribution in [2.24, 2.45) is 0 Å². The van der Waals surface area contributed by atoms with Gasteiger partial charge in [-0.3, -0.25) is 9.59 Å². The molecule has 0 bridgehead atoms. The molecule has 0 aromatic carbocycles. The second-order valence-electron chi connectivity index (χ2n) is 3.90. The molecule has 0 N–H and O–H groups in total. The summed E-state index contributed by atoms with van der Waals surface area (Å²) in [5.74, 6) is -0.453. The smallest absolute Gasteiger partial charge is 0.313 e. The molecule has 3 nitrogen and oxygen atoms in total. The molecule has 1 aliphatic carbocycles. The Morgan fingerprint density at radius 3 is 2.80 bits per heavy atom. The summed E-state index contributed by atoms with van der Waals surface area (Å²) in [7, 11) is 1.30. The summed E-state index contributed by atoms with van der Waals surface area (Å²) in [4.78, 5) is 22.1. The van der Waals surface area contributed by atoms with Crippen LogP contribution in [0.5, 0.6) is 0 Å². The van der Waals surface area contributed by atoms with E-state index in [0.29, 0.717) is 6.42 Å². The minimum absolute atomic E-state index is 0.0201. The number of hydrogen-bond acceptors (Lipinski definition) is 3. The summed E-state index contributed by atoms with van der Waals surface area (Å²) in [5.41, 5.74) is 1.37. The third-order valence-electron chi connectivity index (χ3n) is 2.68. The number of carbonyl (C=O) groups is 2. The number of esters is 1. The maximum absolute atomic E-state index is 11.3. The van der Waals surface area contributed by atoms with Gasteiger partial charge in [-0.25, -0.2) is 0 Å². The molecule has 0 aromatic rings. The minimum atomic E-state index is -0.433. The fourth-order valence-electron chi connectivity index (χ4n) is 1.75. The number of hydrogen-bond donors (Lipinski definition) is 0. The lowest BCUT2D eigenvalue weighted by Gasteiger charge is -2.11. The van der Waals surface area contributed by atoms with Crippen molar-refractivity contribution in [2.75, 3.05) is 7.11 Å². The molecule has 84 valence electrons. The zero-order chi connectivity index (χ0) is 11.1. The van der Waals surface area contributed by atoms with Crippen LogP contribution in [0.15, 0.2) is 11.6 Å². The van der Waals surface area contributed by atoms with E-state index in [1.165, 1.54) is 25.5 Å². The number of ketones is 1. The lowest BCUT2D eigenvalue weighted by atomic mass is 9.95. The average Bonchev–Trinajstić information content (AvgIpc) is 2.27. The topological polar surface area (TPSA) is 43.4 Å². The van der Waals surface area contributed by atoms with Gasteiger partial charge in [-0.05, 0) is 32.1 Å². The van der Waals surface area contributed by atoms with Crippen LogP contribution < -0.4 is 0 Å². The van der Waals surface area contributed by atoms with Crippen LogP contribution in [0.3, 0.4) is 0 Å². The fourth-order valence-corrected chi connectivity index (χ4v) is 1.75. The zero-order valence-corrected chi connectivity index (χ0v) is 9.25. The second kappa shape index (κ2) is 6.38. The standard InChI is InChI=1S/C12H18O3/c1-15-12(14)9-11(13)8-7-10-5-3-2-4-6-10/h5H,2-4,6-9H2,1H3. The van der Waals surface area contributed by atoms with Crippen LogP contribution >= 0.6 is 0 Å². The van der Waals surface area contributed by atoms with Crippen LogP contribution in [0, 0.1) is 0 Å². The third kappa shape index (κ3) is 4.77. The molecule has 0 heterocycles. The van der Waals surface area contributed by atoms with Crippen molar-refractivity contribution < 1.29 is 14.3 Å². The quantitative estimate of drug-likeness (QED) is 0.397. The van der Waals surface area contributed by atoms with E-state index in [1.54, 1.807) is 0 Å². The molecule has 0 radical (unpaired) electrons. The van der Waals surface area contributed by atoms with Crippen LogP contribution in [-0.2, 0) is 14.3 Å². The molecule has 0 fully saturated rings. The fraction of sp³-hybridized carbons (Fsp3) is 0.667. The summed E-state index contributed by atoms with van der Waals surface area (Å²) in [5, 5.41) is 0. The second-order valence-corrected chi connectivity index (χ2v) is 3.90. The highest BCUT2D eigenvalue weighted by Gasteiger charge is 2.11. The molecule has 0 aliphatic heterocycles. The van der Waals surface area contributed by atoms with Crippen molar-refractivity contribution in [3.05, 3.63) is 11.6 Å². The van der Waals surface area contributed by atoms with Gasteiger partial charge in [0.15, 0.2) is 0 Å². The minimum Gasteiger partial charge on any atom is -0.469 e. The number of allylic oxidation sites excluding steroid dienone is 2. The molecule has 0 atom stereocenters. The zero-order valence-electron chi connectivity index (χ0n) is 9.25. The Kier molecular flexibility index (Phi) is 5.08. The third-order valence-corrected chi connectivity index (χ3v) is 2.68.